The molecule has 0 aliphatic heterocycles. The van der Waals surface area contributed by atoms with E-state index in [0.717, 1.165) is 6.26 Å². The predicted octanol–water partition coefficient (Wildman–Crippen LogP) is -0.361. The summed E-state index contributed by atoms with van der Waals surface area (Å²) in [4.78, 5) is 21.2. The Morgan fingerprint density at radius 3 is 1.41 bits per heavy atom. The molecule has 0 rings (SSSR count). The van der Waals surface area contributed by atoms with E-state index in [0.29, 0.717) is 32.2 Å². The summed E-state index contributed by atoms with van der Waals surface area (Å²) in [5, 5.41) is 8.01. The third-order valence-corrected chi connectivity index (χ3v) is 6.69. The summed E-state index contributed by atoms with van der Waals surface area (Å²) in [5.41, 5.74) is 10.7. The summed E-state index contributed by atoms with van der Waals surface area (Å²) >= 11 is 0. The minimum Gasteiger partial charge on any atom is -0.481 e. The number of unbranched alkanes of at least 4 members (excludes halogenated alkanes) is 1. The zero-order valence-electron chi connectivity index (χ0n) is 19.6. The molecule has 0 aromatic heterocycles. The molecule has 0 heterocycles. The molecule has 0 spiro atoms. The van der Waals surface area contributed by atoms with Crippen LogP contribution in [-0.2, 0) is 39.1 Å². The maximum Gasteiger partial charge on any atom is 0.304 e. The van der Waals surface area contributed by atoms with Crippen molar-refractivity contribution in [2.75, 3.05) is 42.6 Å². The Morgan fingerprint density at radius 1 is 0.750 bits per heavy atom. The Bertz CT molecular complexity index is 850. The molecular weight excluding hydrogens is 484 g/mol. The van der Waals surface area contributed by atoms with Crippen molar-refractivity contribution in [2.24, 2.45) is 17.4 Å². The fourth-order valence-electron chi connectivity index (χ4n) is 1.82. The van der Waals surface area contributed by atoms with Crippen molar-refractivity contribution in [3.63, 3.8) is 0 Å². The second-order valence-corrected chi connectivity index (χ2v) is 14.6. The van der Waals surface area contributed by atoms with Crippen molar-refractivity contribution in [3.05, 3.63) is 0 Å². The van der Waals surface area contributed by atoms with E-state index in [1.165, 1.54) is 12.5 Å². The number of carboxylic acids is 1. The first-order valence-corrected chi connectivity index (χ1v) is 16.1. The van der Waals surface area contributed by atoms with Crippen molar-refractivity contribution in [1.29, 1.82) is 0 Å². The van der Waals surface area contributed by atoms with Crippen LogP contribution in [0.2, 0.25) is 0 Å². The van der Waals surface area contributed by atoms with Crippen LogP contribution in [0.25, 0.3) is 0 Å². The van der Waals surface area contributed by atoms with Gasteiger partial charge in [-0.3, -0.25) is 9.59 Å². The third kappa shape index (κ3) is 33.5. The van der Waals surface area contributed by atoms with Crippen LogP contribution in [-0.4, -0.2) is 90.7 Å². The van der Waals surface area contributed by atoms with Crippen LogP contribution in [0.3, 0.4) is 0 Å². The Labute approximate surface area is 193 Å². The normalized spacial score (nSPS) is 12.8. The second-order valence-electron chi connectivity index (χ2n) is 7.87. The van der Waals surface area contributed by atoms with Gasteiger partial charge in [0.25, 0.3) is 0 Å². The number of ketones is 1. The summed E-state index contributed by atoms with van der Waals surface area (Å²) in [5.74, 6) is -0.824. The maximum atomic E-state index is 11.4. The number of rotatable bonds is 13. The van der Waals surface area contributed by atoms with Gasteiger partial charge in [0, 0.05) is 30.9 Å². The first-order valence-electron chi connectivity index (χ1n) is 9.95. The molecule has 0 bridgehead atoms. The zero-order chi connectivity index (χ0) is 26.2. The average molecular weight is 525 g/mol. The van der Waals surface area contributed by atoms with Crippen LogP contribution in [0, 0.1) is 5.92 Å². The minimum absolute atomic E-state index is 0.0264. The predicted molar refractivity (Wildman–Crippen MR) is 127 cm³/mol. The zero-order valence-corrected chi connectivity index (χ0v) is 22.1. The highest BCUT2D eigenvalue weighted by Gasteiger charge is 2.16. The number of sulfone groups is 3. The van der Waals surface area contributed by atoms with Crippen molar-refractivity contribution >= 4 is 41.3 Å². The van der Waals surface area contributed by atoms with E-state index < -0.39 is 41.5 Å². The van der Waals surface area contributed by atoms with Gasteiger partial charge in [-0.25, -0.2) is 25.3 Å². The Morgan fingerprint density at radius 2 is 1.16 bits per heavy atom. The molecule has 5 N–H and O–H groups in total. The van der Waals surface area contributed by atoms with E-state index >= 15 is 0 Å². The maximum absolute atomic E-state index is 11.4. The summed E-state index contributed by atoms with van der Waals surface area (Å²) in [6, 6.07) is -0.414. The molecule has 0 radical (unpaired) electrons. The molecule has 0 unspecified atom stereocenters. The van der Waals surface area contributed by atoms with Gasteiger partial charge in [0.05, 0.1) is 24.0 Å². The fourth-order valence-corrected chi connectivity index (χ4v) is 3.79. The lowest BCUT2D eigenvalue weighted by atomic mass is 9.98. The highest BCUT2D eigenvalue weighted by molar-refractivity contribution is 7.91. The van der Waals surface area contributed by atoms with Gasteiger partial charge in [-0.2, -0.15) is 0 Å². The summed E-state index contributed by atoms with van der Waals surface area (Å²) in [6.45, 7) is 4.26. The Balaban J connectivity index is -0.000000424. The average Bonchev–Trinajstić information content (AvgIpc) is 2.60. The highest BCUT2D eigenvalue weighted by Crippen LogP contribution is 2.06. The second kappa shape index (κ2) is 17.4. The van der Waals surface area contributed by atoms with Gasteiger partial charge in [-0.05, 0) is 31.7 Å². The molecular formula is C18H40N2O9S3. The largest absolute Gasteiger partial charge is 0.481 e. The van der Waals surface area contributed by atoms with Crippen LogP contribution < -0.4 is 11.5 Å². The molecule has 0 aliphatic carbocycles. The molecule has 1 atom stereocenters. The smallest absolute Gasteiger partial charge is 0.304 e. The molecule has 0 saturated carbocycles. The molecule has 0 aliphatic rings. The number of carbonyl (C=O) groups is 2. The van der Waals surface area contributed by atoms with Crippen LogP contribution >= 0.6 is 0 Å². The first-order chi connectivity index (χ1) is 14.2. The topological polar surface area (TPSA) is 209 Å². The molecule has 194 valence electrons. The van der Waals surface area contributed by atoms with Crippen LogP contribution in [0.15, 0.2) is 0 Å². The van der Waals surface area contributed by atoms with Gasteiger partial charge in [-0.15, -0.1) is 0 Å². The number of hydrogen-bond acceptors (Lipinski definition) is 10. The van der Waals surface area contributed by atoms with Crippen molar-refractivity contribution in [1.82, 2.24) is 0 Å². The van der Waals surface area contributed by atoms with Crippen LogP contribution in [0.5, 0.6) is 0 Å². The van der Waals surface area contributed by atoms with E-state index in [2.05, 4.69) is 0 Å². The van der Waals surface area contributed by atoms with E-state index in [-0.39, 0.29) is 35.4 Å². The van der Waals surface area contributed by atoms with Crippen molar-refractivity contribution < 1.29 is 39.9 Å². The third-order valence-electron chi connectivity index (χ3n) is 3.68. The van der Waals surface area contributed by atoms with E-state index in [1.807, 2.05) is 13.8 Å². The molecule has 0 saturated heterocycles. The summed E-state index contributed by atoms with van der Waals surface area (Å²) in [7, 11) is -8.77. The number of nitrogens with two attached hydrogens (primary N) is 2. The number of hydrogen-bond donors (Lipinski definition) is 3. The molecule has 0 amide bonds. The van der Waals surface area contributed by atoms with Gasteiger partial charge in [0.1, 0.15) is 35.3 Å². The Hall–Kier alpha value is -1.09. The molecule has 0 fully saturated rings. The monoisotopic (exact) mass is 524 g/mol. The van der Waals surface area contributed by atoms with E-state index in [4.69, 9.17) is 16.6 Å². The van der Waals surface area contributed by atoms with Gasteiger partial charge in [-0.1, -0.05) is 13.8 Å². The highest BCUT2D eigenvalue weighted by atomic mass is 32.2. The number of carboxylic acid groups (broad SMARTS) is 1. The SMILES string of the molecule is CC(C)[C@H](N)C(=O)CCCCS(C)(=O)=O.CS(=O)(=O)CCC(=O)O.CS(=O)(=O)CCCN. The molecule has 32 heavy (non-hydrogen) atoms. The lowest BCUT2D eigenvalue weighted by molar-refractivity contribution is -0.136. The van der Waals surface area contributed by atoms with E-state index in [1.54, 1.807) is 0 Å². The van der Waals surface area contributed by atoms with E-state index in [9.17, 15) is 34.8 Å². The minimum atomic E-state index is -3.10. The molecule has 0 aromatic rings. The lowest BCUT2D eigenvalue weighted by Gasteiger charge is -2.13. The quantitative estimate of drug-likeness (QED) is 0.265. The number of carbonyl (C=O) groups excluding carboxylic acids is 1. The fraction of sp³-hybridized carbons (Fsp3) is 0.889. The Kier molecular flexibility index (Phi) is 19.3. The summed E-state index contributed by atoms with van der Waals surface area (Å²) in [6.07, 6.45) is 5.21. The van der Waals surface area contributed by atoms with Crippen LogP contribution in [0.4, 0.5) is 0 Å². The standard InChI is InChI=1S/C10H21NO3S.C4H11NO2S.C4H8O4S/c1-8(2)10(11)9(12)6-4-5-7-15(3,13)14;1-8(6,7)4-2-3-5;1-9(7,8)3-2-4(5)6/h8,10H,4-7,11H2,1-3H3;2-5H2,1H3;2-3H2,1H3,(H,5,6)/t10-;;/m0../s1. The first kappa shape index (κ1) is 35.5. The van der Waals surface area contributed by atoms with Crippen LogP contribution in [0.1, 0.15) is 46.0 Å². The summed E-state index contributed by atoms with van der Waals surface area (Å²) < 4.78 is 62.8. The number of aliphatic carboxylic acids is 1. The van der Waals surface area contributed by atoms with Gasteiger partial charge in [0.15, 0.2) is 0 Å². The number of Topliss-reactive ketones (excluding diaryl/α,β-unsaturated/α-hetero) is 1. The van der Waals surface area contributed by atoms with Crippen molar-refractivity contribution in [3.8, 4) is 0 Å². The molecule has 14 heteroatoms. The van der Waals surface area contributed by atoms with Gasteiger partial charge < -0.3 is 16.6 Å². The molecule has 11 nitrogen and oxygen atoms in total. The van der Waals surface area contributed by atoms with Crippen molar-refractivity contribution in [2.45, 2.75) is 52.0 Å². The van der Waals surface area contributed by atoms with Gasteiger partial charge >= 0.3 is 5.97 Å². The van der Waals surface area contributed by atoms with Gasteiger partial charge in [0.2, 0.25) is 0 Å². The molecule has 0 aromatic carbocycles. The lowest BCUT2D eigenvalue weighted by Crippen LogP contribution is -2.35.